The maximum absolute atomic E-state index is 10.9. The van der Waals surface area contributed by atoms with Crippen LogP contribution < -0.4 is 4.74 Å². The van der Waals surface area contributed by atoms with Crippen LogP contribution in [0.15, 0.2) is 36.4 Å². The lowest BCUT2D eigenvalue weighted by Gasteiger charge is -2.05. The molecule has 0 atom stereocenters. The van der Waals surface area contributed by atoms with Gasteiger partial charge in [0.1, 0.15) is 11.5 Å². The van der Waals surface area contributed by atoms with Crippen LogP contribution in [0.3, 0.4) is 0 Å². The summed E-state index contributed by atoms with van der Waals surface area (Å²) < 4.78 is 5.19. The maximum atomic E-state index is 10.9. The number of fused-ring (bicyclic) bond motifs is 1. The lowest BCUT2D eigenvalue weighted by molar-refractivity contribution is -0.116. The number of methoxy groups -OCH3 is 1. The van der Waals surface area contributed by atoms with Gasteiger partial charge in [0.2, 0.25) is 0 Å². The van der Waals surface area contributed by atoms with E-state index in [0.29, 0.717) is 6.42 Å². The highest BCUT2D eigenvalue weighted by molar-refractivity contribution is 5.84. The molecule has 2 aromatic carbocycles. The van der Waals surface area contributed by atoms with E-state index in [1.807, 2.05) is 18.2 Å². The number of Topliss-reactive ketones (excluding diaryl/α,β-unsaturated/α-hetero) is 1. The molecule has 0 heterocycles. The van der Waals surface area contributed by atoms with Crippen molar-refractivity contribution in [1.29, 1.82) is 0 Å². The number of hydrogen-bond acceptors (Lipinski definition) is 2. The van der Waals surface area contributed by atoms with Crippen molar-refractivity contribution >= 4 is 16.6 Å². The van der Waals surface area contributed by atoms with Crippen molar-refractivity contribution < 1.29 is 9.53 Å². The molecule has 0 aliphatic heterocycles. The van der Waals surface area contributed by atoms with Gasteiger partial charge in [-0.1, -0.05) is 24.3 Å². The Morgan fingerprint density at radius 1 is 1.12 bits per heavy atom. The summed E-state index contributed by atoms with van der Waals surface area (Å²) in [6.07, 6.45) is 1.43. The zero-order valence-corrected chi connectivity index (χ0v) is 10.2. The smallest absolute Gasteiger partial charge is 0.130 e. The van der Waals surface area contributed by atoms with Crippen LogP contribution >= 0.6 is 0 Å². The van der Waals surface area contributed by atoms with Gasteiger partial charge in [0.05, 0.1) is 7.11 Å². The molecule has 0 amide bonds. The van der Waals surface area contributed by atoms with E-state index < -0.39 is 0 Å². The highest BCUT2D eigenvalue weighted by Crippen LogP contribution is 2.22. The van der Waals surface area contributed by atoms with Crippen molar-refractivity contribution in [3.63, 3.8) is 0 Å². The number of aryl methyl sites for hydroxylation is 1. The summed E-state index contributed by atoms with van der Waals surface area (Å²) in [5, 5.41) is 2.35. The van der Waals surface area contributed by atoms with Crippen molar-refractivity contribution in [2.75, 3.05) is 7.11 Å². The number of benzene rings is 2. The van der Waals surface area contributed by atoms with Crippen molar-refractivity contribution in [1.82, 2.24) is 0 Å². The third kappa shape index (κ3) is 2.84. The topological polar surface area (TPSA) is 26.3 Å². The Morgan fingerprint density at radius 3 is 2.53 bits per heavy atom. The van der Waals surface area contributed by atoms with Gasteiger partial charge in [-0.2, -0.15) is 0 Å². The molecule has 0 aliphatic carbocycles. The van der Waals surface area contributed by atoms with E-state index in [2.05, 4.69) is 18.2 Å². The molecule has 0 spiro atoms. The lowest BCUT2D eigenvalue weighted by atomic mass is 10.0. The van der Waals surface area contributed by atoms with E-state index in [1.54, 1.807) is 14.0 Å². The summed E-state index contributed by atoms with van der Waals surface area (Å²) in [5.74, 6) is 1.11. The Balaban J connectivity index is 2.28. The molecule has 0 saturated carbocycles. The Labute approximate surface area is 101 Å². The van der Waals surface area contributed by atoms with E-state index in [9.17, 15) is 4.79 Å². The van der Waals surface area contributed by atoms with Gasteiger partial charge in [-0.25, -0.2) is 0 Å². The van der Waals surface area contributed by atoms with Gasteiger partial charge in [-0.05, 0) is 41.8 Å². The molecule has 0 aliphatic rings. The number of hydrogen-bond donors (Lipinski definition) is 0. The average Bonchev–Trinajstić information content (AvgIpc) is 2.35. The van der Waals surface area contributed by atoms with Crippen LogP contribution in [0.25, 0.3) is 10.8 Å². The van der Waals surface area contributed by atoms with Crippen molar-refractivity contribution in [2.45, 2.75) is 19.8 Å². The first-order chi connectivity index (χ1) is 8.19. The summed E-state index contributed by atoms with van der Waals surface area (Å²) >= 11 is 0. The third-order valence-corrected chi connectivity index (χ3v) is 2.88. The normalized spacial score (nSPS) is 10.5. The van der Waals surface area contributed by atoms with Crippen molar-refractivity contribution in [2.24, 2.45) is 0 Å². The van der Waals surface area contributed by atoms with Crippen LogP contribution in [0, 0.1) is 0 Å². The van der Waals surface area contributed by atoms with Crippen LogP contribution in [0.1, 0.15) is 18.9 Å². The predicted molar refractivity (Wildman–Crippen MR) is 69.5 cm³/mol. The first-order valence-corrected chi connectivity index (χ1v) is 5.75. The molecule has 0 unspecified atom stereocenters. The number of ether oxygens (including phenoxy) is 1. The van der Waals surface area contributed by atoms with Gasteiger partial charge >= 0.3 is 0 Å². The van der Waals surface area contributed by atoms with Crippen LogP contribution in [-0.2, 0) is 11.2 Å². The quantitative estimate of drug-likeness (QED) is 0.802. The Bertz CT molecular complexity index is 544. The molecule has 0 bridgehead atoms. The van der Waals surface area contributed by atoms with E-state index in [0.717, 1.165) is 17.6 Å². The Kier molecular flexibility index (Phi) is 3.43. The molecule has 2 aromatic rings. The zero-order chi connectivity index (χ0) is 12.3. The van der Waals surface area contributed by atoms with Crippen LogP contribution in [0.5, 0.6) is 5.75 Å². The maximum Gasteiger partial charge on any atom is 0.130 e. The molecule has 0 fully saturated rings. The van der Waals surface area contributed by atoms with Crippen molar-refractivity contribution in [3.8, 4) is 5.75 Å². The average molecular weight is 228 g/mol. The summed E-state index contributed by atoms with van der Waals surface area (Å²) in [6, 6.07) is 12.3. The monoisotopic (exact) mass is 228 g/mol. The van der Waals surface area contributed by atoms with Gasteiger partial charge in [0.25, 0.3) is 0 Å². The van der Waals surface area contributed by atoms with E-state index >= 15 is 0 Å². The number of ketones is 1. The largest absolute Gasteiger partial charge is 0.497 e. The minimum atomic E-state index is 0.236. The highest BCUT2D eigenvalue weighted by Gasteiger charge is 2.00. The fraction of sp³-hybridized carbons (Fsp3) is 0.267. The first kappa shape index (κ1) is 11.6. The first-order valence-electron chi connectivity index (χ1n) is 5.75. The van der Waals surface area contributed by atoms with Gasteiger partial charge < -0.3 is 9.53 Å². The molecule has 88 valence electrons. The second kappa shape index (κ2) is 5.00. The Morgan fingerprint density at radius 2 is 1.82 bits per heavy atom. The van der Waals surface area contributed by atoms with Crippen LogP contribution in [0.4, 0.5) is 0 Å². The summed E-state index contributed by atoms with van der Waals surface area (Å²) in [5.41, 5.74) is 1.21. The number of carbonyl (C=O) groups is 1. The predicted octanol–water partition coefficient (Wildman–Crippen LogP) is 3.37. The molecular formula is C15H16O2. The summed E-state index contributed by atoms with van der Waals surface area (Å²) in [7, 11) is 1.67. The number of rotatable bonds is 4. The fourth-order valence-corrected chi connectivity index (χ4v) is 1.88. The molecule has 0 radical (unpaired) electrons. The molecule has 0 aromatic heterocycles. The van der Waals surface area contributed by atoms with Crippen LogP contribution in [-0.4, -0.2) is 12.9 Å². The molecule has 0 saturated heterocycles. The third-order valence-electron chi connectivity index (χ3n) is 2.88. The summed E-state index contributed by atoms with van der Waals surface area (Å²) in [4.78, 5) is 10.9. The van der Waals surface area contributed by atoms with E-state index in [-0.39, 0.29) is 5.78 Å². The standard InChI is InChI=1S/C15H16O2/c1-11(16)3-4-12-5-6-14-10-15(17-2)8-7-13(14)9-12/h5-10H,3-4H2,1-2H3. The molecule has 0 N–H and O–H groups in total. The second-order valence-electron chi connectivity index (χ2n) is 4.25. The van der Waals surface area contributed by atoms with Crippen molar-refractivity contribution in [3.05, 3.63) is 42.0 Å². The fourth-order valence-electron chi connectivity index (χ4n) is 1.88. The van der Waals surface area contributed by atoms with E-state index in [4.69, 9.17) is 4.74 Å². The molecule has 2 nitrogen and oxygen atoms in total. The van der Waals surface area contributed by atoms with Gasteiger partial charge in [0.15, 0.2) is 0 Å². The SMILES string of the molecule is COc1ccc2cc(CCC(C)=O)ccc2c1. The molecule has 17 heavy (non-hydrogen) atoms. The Hall–Kier alpha value is -1.83. The minimum absolute atomic E-state index is 0.236. The second-order valence-corrected chi connectivity index (χ2v) is 4.25. The zero-order valence-electron chi connectivity index (χ0n) is 10.2. The molecule has 2 rings (SSSR count). The lowest BCUT2D eigenvalue weighted by Crippen LogP contribution is -1.93. The van der Waals surface area contributed by atoms with Crippen LogP contribution in [0.2, 0.25) is 0 Å². The van der Waals surface area contributed by atoms with Gasteiger partial charge in [-0.15, -0.1) is 0 Å². The summed E-state index contributed by atoms with van der Waals surface area (Å²) in [6.45, 7) is 1.63. The van der Waals surface area contributed by atoms with Gasteiger partial charge in [0, 0.05) is 6.42 Å². The van der Waals surface area contributed by atoms with E-state index in [1.165, 1.54) is 10.9 Å². The highest BCUT2D eigenvalue weighted by atomic mass is 16.5. The molecule has 2 heteroatoms. The minimum Gasteiger partial charge on any atom is -0.497 e. The molecular weight excluding hydrogens is 212 g/mol. The van der Waals surface area contributed by atoms with Gasteiger partial charge in [-0.3, -0.25) is 0 Å². The number of carbonyl (C=O) groups excluding carboxylic acids is 1.